The topological polar surface area (TPSA) is 77.6 Å². The Morgan fingerprint density at radius 3 is 2.61 bits per heavy atom. The van der Waals surface area contributed by atoms with Crippen LogP contribution in [-0.4, -0.2) is 30.5 Å². The highest BCUT2D eigenvalue weighted by atomic mass is 16.1. The van der Waals surface area contributed by atoms with Gasteiger partial charge in [0.25, 0.3) is 0 Å². The summed E-state index contributed by atoms with van der Waals surface area (Å²) in [6.07, 6.45) is 4.91. The molecule has 0 fully saturated rings. The smallest absolute Gasteiger partial charge is 0.228 e. The number of hydrogen-bond donors (Lipinski definition) is 1. The highest BCUT2D eigenvalue weighted by Gasteiger charge is 2.17. The molecule has 0 saturated carbocycles. The second-order valence-corrected chi connectivity index (χ2v) is 8.93. The van der Waals surface area contributed by atoms with Crippen molar-refractivity contribution in [1.29, 1.82) is 0 Å². The van der Waals surface area contributed by atoms with Gasteiger partial charge in [-0.25, -0.2) is 0 Å². The summed E-state index contributed by atoms with van der Waals surface area (Å²) >= 11 is 0. The lowest BCUT2D eigenvalue weighted by molar-refractivity contribution is -0.115. The van der Waals surface area contributed by atoms with Crippen LogP contribution in [0.5, 0.6) is 0 Å². The minimum Gasteiger partial charge on any atom is -0.326 e. The van der Waals surface area contributed by atoms with Crippen molar-refractivity contribution in [2.24, 2.45) is 5.92 Å². The number of nitrogens with one attached hydrogen (secondary N) is 1. The summed E-state index contributed by atoms with van der Waals surface area (Å²) in [5.74, 6) is 2.48. The number of aromatic nitrogens is 5. The van der Waals surface area contributed by atoms with E-state index in [9.17, 15) is 4.79 Å². The van der Waals surface area contributed by atoms with Crippen molar-refractivity contribution in [2.75, 3.05) is 5.32 Å². The van der Waals surface area contributed by atoms with Crippen molar-refractivity contribution in [3.63, 3.8) is 0 Å². The van der Waals surface area contributed by atoms with E-state index in [4.69, 9.17) is 0 Å². The van der Waals surface area contributed by atoms with Crippen LogP contribution in [-0.2, 0) is 30.7 Å². The average Bonchev–Trinajstić information content (AvgIpc) is 3.13. The Kier molecular flexibility index (Phi) is 6.20. The molecule has 1 aromatic carbocycles. The molecule has 1 aliphatic heterocycles. The third kappa shape index (κ3) is 4.70. The minimum absolute atomic E-state index is 0.0283. The summed E-state index contributed by atoms with van der Waals surface area (Å²) in [5.41, 5.74) is 4.83. The molecule has 1 amide bonds. The number of carbonyl (C=O) groups is 1. The van der Waals surface area contributed by atoms with Crippen LogP contribution in [0.1, 0.15) is 55.9 Å². The van der Waals surface area contributed by atoms with Crippen LogP contribution in [0.15, 0.2) is 24.3 Å². The Bertz CT molecular complexity index is 1060. The number of hydrogen-bond acceptors (Lipinski definition) is 4. The predicted octanol–water partition coefficient (Wildman–Crippen LogP) is 4.32. The van der Waals surface area contributed by atoms with Crippen LogP contribution >= 0.6 is 0 Å². The van der Waals surface area contributed by atoms with E-state index in [0.717, 1.165) is 59.4 Å². The summed E-state index contributed by atoms with van der Waals surface area (Å²) < 4.78 is 4.25. The fourth-order valence-electron chi connectivity index (χ4n) is 4.28. The molecule has 1 aliphatic rings. The SMILES string of the molecule is Cc1nn(CC(C)C)c(C)c1CC(=O)Nc1ccc(-c2nnc3n2CCCCC3)cc1. The highest BCUT2D eigenvalue weighted by molar-refractivity contribution is 5.92. The Morgan fingerprint density at radius 2 is 1.87 bits per heavy atom. The van der Waals surface area contributed by atoms with Crippen molar-refractivity contribution < 1.29 is 4.79 Å². The number of amides is 1. The summed E-state index contributed by atoms with van der Waals surface area (Å²) in [5, 5.41) is 16.4. The second kappa shape index (κ2) is 9.04. The summed E-state index contributed by atoms with van der Waals surface area (Å²) in [6.45, 7) is 10.2. The maximum atomic E-state index is 12.7. The lowest BCUT2D eigenvalue weighted by Crippen LogP contribution is -2.15. The first kappa shape index (κ1) is 21.3. The van der Waals surface area contributed by atoms with E-state index < -0.39 is 0 Å². The van der Waals surface area contributed by atoms with Gasteiger partial charge in [-0.2, -0.15) is 5.10 Å². The quantitative estimate of drug-likeness (QED) is 0.644. The van der Waals surface area contributed by atoms with Crippen molar-refractivity contribution in [2.45, 2.75) is 72.9 Å². The van der Waals surface area contributed by atoms with Gasteiger partial charge in [-0.1, -0.05) is 20.3 Å². The molecule has 0 radical (unpaired) electrons. The van der Waals surface area contributed by atoms with Crippen LogP contribution in [0.4, 0.5) is 5.69 Å². The van der Waals surface area contributed by atoms with Crippen molar-refractivity contribution in [1.82, 2.24) is 24.5 Å². The van der Waals surface area contributed by atoms with E-state index in [0.29, 0.717) is 12.3 Å². The summed E-state index contributed by atoms with van der Waals surface area (Å²) in [4.78, 5) is 12.7. The zero-order valence-electron chi connectivity index (χ0n) is 19.0. The summed E-state index contributed by atoms with van der Waals surface area (Å²) in [7, 11) is 0. The number of fused-ring (bicyclic) bond motifs is 1. The lowest BCUT2D eigenvalue weighted by Gasteiger charge is -2.10. The first-order valence-electron chi connectivity index (χ1n) is 11.3. The Morgan fingerprint density at radius 1 is 1.10 bits per heavy atom. The first-order chi connectivity index (χ1) is 14.9. The van der Waals surface area contributed by atoms with Gasteiger partial charge in [0, 0.05) is 42.0 Å². The molecule has 0 spiro atoms. The molecule has 3 aromatic rings. The highest BCUT2D eigenvalue weighted by Crippen LogP contribution is 2.24. The van der Waals surface area contributed by atoms with Gasteiger partial charge >= 0.3 is 0 Å². The molecule has 2 aromatic heterocycles. The zero-order valence-corrected chi connectivity index (χ0v) is 19.0. The maximum Gasteiger partial charge on any atom is 0.228 e. The number of anilines is 1. The fourth-order valence-corrected chi connectivity index (χ4v) is 4.28. The second-order valence-electron chi connectivity index (χ2n) is 8.93. The number of nitrogens with zero attached hydrogens (tertiary/aromatic N) is 5. The van der Waals surface area contributed by atoms with Crippen molar-refractivity contribution >= 4 is 11.6 Å². The standard InChI is InChI=1S/C24H32N6O/c1-16(2)15-30-18(4)21(17(3)28-30)14-23(31)25-20-11-9-19(10-12-20)24-27-26-22-8-6-5-7-13-29(22)24/h9-12,16H,5-8,13-15H2,1-4H3,(H,25,31). The number of aryl methyl sites for hydroxylation is 2. The van der Waals surface area contributed by atoms with Gasteiger partial charge in [-0.15, -0.1) is 10.2 Å². The third-order valence-corrected chi connectivity index (χ3v) is 5.94. The Balaban J connectivity index is 1.44. The molecule has 0 atom stereocenters. The van der Waals surface area contributed by atoms with Gasteiger partial charge in [-0.05, 0) is 56.9 Å². The Labute approximate surface area is 183 Å². The zero-order chi connectivity index (χ0) is 22.0. The molecule has 4 rings (SSSR count). The number of benzene rings is 1. The third-order valence-electron chi connectivity index (χ3n) is 5.94. The molecule has 0 saturated heterocycles. The number of carbonyl (C=O) groups excluding carboxylic acids is 1. The van der Waals surface area contributed by atoms with Gasteiger partial charge in [0.2, 0.25) is 5.91 Å². The molecule has 1 N–H and O–H groups in total. The monoisotopic (exact) mass is 420 g/mol. The van der Waals surface area contributed by atoms with Crippen LogP contribution in [0.3, 0.4) is 0 Å². The Hall–Kier alpha value is -2.96. The van der Waals surface area contributed by atoms with Gasteiger partial charge in [0.05, 0.1) is 12.1 Å². The van der Waals surface area contributed by atoms with Crippen LogP contribution in [0, 0.1) is 19.8 Å². The van der Waals surface area contributed by atoms with E-state index >= 15 is 0 Å². The maximum absolute atomic E-state index is 12.7. The molecule has 7 heteroatoms. The molecule has 0 bridgehead atoms. The van der Waals surface area contributed by atoms with E-state index in [1.165, 1.54) is 19.3 Å². The minimum atomic E-state index is -0.0283. The van der Waals surface area contributed by atoms with Gasteiger partial charge < -0.3 is 9.88 Å². The van der Waals surface area contributed by atoms with Crippen molar-refractivity contribution in [3.8, 4) is 11.4 Å². The molecule has 31 heavy (non-hydrogen) atoms. The lowest BCUT2D eigenvalue weighted by atomic mass is 10.1. The normalized spacial score (nSPS) is 13.8. The first-order valence-corrected chi connectivity index (χ1v) is 11.3. The molecular weight excluding hydrogens is 388 g/mol. The van der Waals surface area contributed by atoms with Gasteiger partial charge in [0.15, 0.2) is 5.82 Å². The van der Waals surface area contributed by atoms with Crippen LogP contribution in [0.2, 0.25) is 0 Å². The number of rotatable bonds is 6. The molecule has 3 heterocycles. The van der Waals surface area contributed by atoms with Crippen molar-refractivity contribution in [3.05, 3.63) is 47.0 Å². The van der Waals surface area contributed by atoms with Crippen LogP contribution in [0.25, 0.3) is 11.4 Å². The van der Waals surface area contributed by atoms with E-state index in [-0.39, 0.29) is 5.91 Å². The van der Waals surface area contributed by atoms with E-state index in [1.54, 1.807) is 0 Å². The van der Waals surface area contributed by atoms with Gasteiger partial charge in [-0.3, -0.25) is 9.48 Å². The molecule has 7 nitrogen and oxygen atoms in total. The molecule has 164 valence electrons. The fraction of sp³-hybridized carbons (Fsp3) is 0.500. The average molecular weight is 421 g/mol. The van der Waals surface area contributed by atoms with Crippen LogP contribution < -0.4 is 5.32 Å². The molecule has 0 unspecified atom stereocenters. The predicted molar refractivity (Wildman–Crippen MR) is 122 cm³/mol. The largest absolute Gasteiger partial charge is 0.326 e. The summed E-state index contributed by atoms with van der Waals surface area (Å²) in [6, 6.07) is 7.89. The molecular formula is C24H32N6O. The molecule has 0 aliphatic carbocycles. The van der Waals surface area contributed by atoms with Gasteiger partial charge in [0.1, 0.15) is 5.82 Å². The van der Waals surface area contributed by atoms with E-state index in [1.807, 2.05) is 42.8 Å². The van der Waals surface area contributed by atoms with E-state index in [2.05, 4.69) is 39.0 Å².